The van der Waals surface area contributed by atoms with Crippen LogP contribution in [0, 0.1) is 0 Å². The number of nitrogens with one attached hydrogen (secondary N) is 1. The quantitative estimate of drug-likeness (QED) is 0.870. The van der Waals surface area contributed by atoms with Gasteiger partial charge in [-0.3, -0.25) is 9.59 Å². The average Bonchev–Trinajstić information content (AvgIpc) is 2.73. The minimum Gasteiger partial charge on any atom is -0.373 e. The summed E-state index contributed by atoms with van der Waals surface area (Å²) in [5.41, 5.74) is 1.18. The third kappa shape index (κ3) is 2.93. The van der Waals surface area contributed by atoms with E-state index >= 15 is 0 Å². The summed E-state index contributed by atoms with van der Waals surface area (Å²) >= 11 is 11.9. The molecule has 0 saturated carbocycles. The third-order valence-electron chi connectivity index (χ3n) is 3.37. The Labute approximate surface area is 137 Å². The second-order valence-corrected chi connectivity index (χ2v) is 5.83. The summed E-state index contributed by atoms with van der Waals surface area (Å²) in [5, 5.41) is 3.83. The first kappa shape index (κ1) is 14.9. The van der Waals surface area contributed by atoms with E-state index in [9.17, 15) is 9.59 Å². The minimum atomic E-state index is -0.590. The van der Waals surface area contributed by atoms with Gasteiger partial charge in [0.1, 0.15) is 6.04 Å². The molecule has 1 heterocycles. The van der Waals surface area contributed by atoms with Crippen LogP contribution in [0.1, 0.15) is 6.42 Å². The summed E-state index contributed by atoms with van der Waals surface area (Å²) in [7, 11) is 0. The van der Waals surface area contributed by atoms with Crippen LogP contribution in [0.2, 0.25) is 10.0 Å². The van der Waals surface area contributed by atoms with Crippen molar-refractivity contribution in [3.05, 3.63) is 58.6 Å². The Morgan fingerprint density at radius 1 is 1.00 bits per heavy atom. The van der Waals surface area contributed by atoms with Crippen molar-refractivity contribution in [2.75, 3.05) is 10.2 Å². The number of hydrogen-bond acceptors (Lipinski definition) is 3. The topological polar surface area (TPSA) is 49.4 Å². The Kier molecular flexibility index (Phi) is 4.05. The minimum absolute atomic E-state index is 0.0951. The number of para-hydroxylation sites is 1. The maximum absolute atomic E-state index is 12.5. The Morgan fingerprint density at radius 2 is 1.64 bits per heavy atom. The molecule has 0 aliphatic carbocycles. The van der Waals surface area contributed by atoms with Crippen molar-refractivity contribution < 1.29 is 9.59 Å². The van der Waals surface area contributed by atoms with Crippen LogP contribution < -0.4 is 10.2 Å². The van der Waals surface area contributed by atoms with Crippen LogP contribution in [0.25, 0.3) is 0 Å². The molecular weight excluding hydrogens is 323 g/mol. The molecule has 1 unspecified atom stereocenters. The first-order chi connectivity index (χ1) is 10.5. The van der Waals surface area contributed by atoms with Crippen molar-refractivity contribution in [1.82, 2.24) is 0 Å². The molecule has 2 aromatic carbocycles. The standard InChI is InChI=1S/C16H12Cl2N2O2/c17-10-6-11(18)8-13(7-10)20-15(21)9-14(16(20)22)19-12-4-2-1-3-5-12/h1-8,14,19H,9H2. The van der Waals surface area contributed by atoms with E-state index < -0.39 is 6.04 Å². The molecule has 0 spiro atoms. The van der Waals surface area contributed by atoms with E-state index in [0.717, 1.165) is 10.6 Å². The molecule has 1 atom stereocenters. The number of benzene rings is 2. The fourth-order valence-corrected chi connectivity index (χ4v) is 2.93. The van der Waals surface area contributed by atoms with E-state index in [1.54, 1.807) is 18.2 Å². The number of carbonyl (C=O) groups is 2. The van der Waals surface area contributed by atoms with Crippen LogP contribution in [0.5, 0.6) is 0 Å². The summed E-state index contributed by atoms with van der Waals surface area (Å²) < 4.78 is 0. The second-order valence-electron chi connectivity index (χ2n) is 4.96. The highest BCUT2D eigenvalue weighted by molar-refractivity contribution is 6.35. The Bertz CT molecular complexity index is 714. The number of rotatable bonds is 3. The SMILES string of the molecule is O=C1CC(Nc2ccccc2)C(=O)N1c1cc(Cl)cc(Cl)c1. The van der Waals surface area contributed by atoms with Crippen molar-refractivity contribution in [1.29, 1.82) is 0 Å². The first-order valence-electron chi connectivity index (χ1n) is 6.69. The fourth-order valence-electron chi connectivity index (χ4n) is 2.42. The van der Waals surface area contributed by atoms with E-state index in [2.05, 4.69) is 5.32 Å². The molecule has 1 aliphatic heterocycles. The molecule has 2 amide bonds. The molecule has 4 nitrogen and oxygen atoms in total. The number of imide groups is 1. The highest BCUT2D eigenvalue weighted by atomic mass is 35.5. The maximum Gasteiger partial charge on any atom is 0.256 e. The van der Waals surface area contributed by atoms with Gasteiger partial charge in [0.15, 0.2) is 0 Å². The van der Waals surface area contributed by atoms with E-state index in [0.29, 0.717) is 15.7 Å². The van der Waals surface area contributed by atoms with E-state index in [1.165, 1.54) is 0 Å². The van der Waals surface area contributed by atoms with Gasteiger partial charge in [0.2, 0.25) is 5.91 Å². The number of nitrogens with zero attached hydrogens (tertiary/aromatic N) is 1. The number of halogens is 2. The lowest BCUT2D eigenvalue weighted by atomic mass is 10.2. The first-order valence-corrected chi connectivity index (χ1v) is 7.44. The second kappa shape index (κ2) is 5.99. The summed E-state index contributed by atoms with van der Waals surface area (Å²) in [6.07, 6.45) is 0.0951. The highest BCUT2D eigenvalue weighted by Gasteiger charge is 2.39. The van der Waals surface area contributed by atoms with Crippen molar-refractivity contribution in [3.63, 3.8) is 0 Å². The fraction of sp³-hybridized carbons (Fsp3) is 0.125. The van der Waals surface area contributed by atoms with Gasteiger partial charge in [-0.15, -0.1) is 0 Å². The van der Waals surface area contributed by atoms with Crippen LogP contribution >= 0.6 is 23.2 Å². The van der Waals surface area contributed by atoms with Gasteiger partial charge in [0.05, 0.1) is 12.1 Å². The lowest BCUT2D eigenvalue weighted by Gasteiger charge is -2.16. The number of amides is 2. The van der Waals surface area contributed by atoms with Crippen LogP contribution in [0.4, 0.5) is 11.4 Å². The van der Waals surface area contributed by atoms with Gasteiger partial charge in [0, 0.05) is 15.7 Å². The summed E-state index contributed by atoms with van der Waals surface area (Å²) in [4.78, 5) is 25.8. The van der Waals surface area contributed by atoms with Crippen molar-refractivity contribution >= 4 is 46.4 Å². The zero-order chi connectivity index (χ0) is 15.7. The lowest BCUT2D eigenvalue weighted by molar-refractivity contribution is -0.121. The Balaban J connectivity index is 1.85. The molecular formula is C16H12Cl2N2O2. The summed E-state index contributed by atoms with van der Waals surface area (Å²) in [5.74, 6) is -0.594. The predicted molar refractivity (Wildman–Crippen MR) is 87.4 cm³/mol. The summed E-state index contributed by atoms with van der Waals surface area (Å²) in [6, 6.07) is 13.4. The van der Waals surface area contributed by atoms with Gasteiger partial charge in [-0.2, -0.15) is 0 Å². The van der Waals surface area contributed by atoms with Crippen LogP contribution in [-0.4, -0.2) is 17.9 Å². The normalized spacial score (nSPS) is 17.9. The molecule has 1 saturated heterocycles. The van der Waals surface area contributed by atoms with Gasteiger partial charge < -0.3 is 5.32 Å². The molecule has 0 bridgehead atoms. The van der Waals surface area contributed by atoms with Gasteiger partial charge in [-0.05, 0) is 30.3 Å². The van der Waals surface area contributed by atoms with Crippen molar-refractivity contribution in [3.8, 4) is 0 Å². The molecule has 3 rings (SSSR count). The molecule has 6 heteroatoms. The zero-order valence-electron chi connectivity index (χ0n) is 11.4. The van der Waals surface area contributed by atoms with Gasteiger partial charge in [-0.25, -0.2) is 4.90 Å². The van der Waals surface area contributed by atoms with E-state index in [1.807, 2.05) is 30.3 Å². The molecule has 22 heavy (non-hydrogen) atoms. The third-order valence-corrected chi connectivity index (χ3v) is 3.80. The van der Waals surface area contributed by atoms with E-state index in [4.69, 9.17) is 23.2 Å². The largest absolute Gasteiger partial charge is 0.373 e. The molecule has 1 N–H and O–H groups in total. The van der Waals surface area contributed by atoms with Crippen LogP contribution in [0.3, 0.4) is 0 Å². The highest BCUT2D eigenvalue weighted by Crippen LogP contribution is 2.30. The zero-order valence-corrected chi connectivity index (χ0v) is 12.9. The molecule has 1 fully saturated rings. The van der Waals surface area contributed by atoms with Crippen molar-refractivity contribution in [2.45, 2.75) is 12.5 Å². The van der Waals surface area contributed by atoms with E-state index in [-0.39, 0.29) is 18.2 Å². The van der Waals surface area contributed by atoms with Gasteiger partial charge in [-0.1, -0.05) is 41.4 Å². The molecule has 0 aromatic heterocycles. The molecule has 0 radical (unpaired) electrons. The maximum atomic E-state index is 12.5. The van der Waals surface area contributed by atoms with Crippen molar-refractivity contribution in [2.24, 2.45) is 0 Å². The number of carbonyl (C=O) groups excluding carboxylic acids is 2. The molecule has 2 aromatic rings. The van der Waals surface area contributed by atoms with Crippen LogP contribution in [0.15, 0.2) is 48.5 Å². The Morgan fingerprint density at radius 3 is 2.27 bits per heavy atom. The molecule has 1 aliphatic rings. The lowest BCUT2D eigenvalue weighted by Crippen LogP contribution is -2.34. The molecule has 112 valence electrons. The monoisotopic (exact) mass is 334 g/mol. The van der Waals surface area contributed by atoms with Crippen LogP contribution in [-0.2, 0) is 9.59 Å². The predicted octanol–water partition coefficient (Wildman–Crippen LogP) is 3.74. The number of hydrogen-bond donors (Lipinski definition) is 1. The van der Waals surface area contributed by atoms with Gasteiger partial charge in [0.25, 0.3) is 5.91 Å². The Hall–Kier alpha value is -2.04. The summed E-state index contributed by atoms with van der Waals surface area (Å²) in [6.45, 7) is 0. The van der Waals surface area contributed by atoms with Gasteiger partial charge >= 0.3 is 0 Å². The average molecular weight is 335 g/mol. The smallest absolute Gasteiger partial charge is 0.256 e. The number of anilines is 2.